The van der Waals surface area contributed by atoms with E-state index >= 15 is 0 Å². The van der Waals surface area contributed by atoms with Crippen LogP contribution in [0.3, 0.4) is 0 Å². The molecule has 1 aliphatic rings. The molecule has 3 rings (SSSR count). The fourth-order valence-electron chi connectivity index (χ4n) is 3.00. The number of likely N-dealkylation sites (tertiary alicyclic amines) is 1. The number of hydrogen-bond acceptors (Lipinski definition) is 4. The summed E-state index contributed by atoms with van der Waals surface area (Å²) in [7, 11) is 0. The number of anilines is 1. The van der Waals surface area contributed by atoms with Crippen LogP contribution in [0.1, 0.15) is 20.3 Å². The van der Waals surface area contributed by atoms with Gasteiger partial charge in [0.2, 0.25) is 0 Å². The first-order valence-electron chi connectivity index (χ1n) is 7.72. The maximum absolute atomic E-state index is 4.00. The minimum atomic E-state index is 0.560. The molecule has 1 aromatic heterocycles. The Hall–Kier alpha value is -1.88. The van der Waals surface area contributed by atoms with Gasteiger partial charge in [-0.1, -0.05) is 19.1 Å². The largest absolute Gasteiger partial charge is 0.382 e. The highest BCUT2D eigenvalue weighted by atomic mass is 15.4. The van der Waals surface area contributed by atoms with Gasteiger partial charge in [-0.25, -0.2) is 4.68 Å². The molecule has 1 saturated heterocycles. The van der Waals surface area contributed by atoms with Crippen LogP contribution in [0, 0.1) is 5.92 Å². The lowest BCUT2D eigenvalue weighted by Crippen LogP contribution is -2.44. The first kappa shape index (κ1) is 14.1. The molecule has 112 valence electrons. The summed E-state index contributed by atoms with van der Waals surface area (Å²) in [4.78, 5) is 2.52. The normalized spacial score (nSPS) is 23.1. The summed E-state index contributed by atoms with van der Waals surface area (Å²) in [5, 5.41) is 11.5. The van der Waals surface area contributed by atoms with Gasteiger partial charge < -0.3 is 10.2 Å². The van der Waals surface area contributed by atoms with Crippen molar-refractivity contribution in [3.05, 3.63) is 36.7 Å². The zero-order chi connectivity index (χ0) is 14.7. The van der Waals surface area contributed by atoms with Crippen LogP contribution in [0.5, 0.6) is 0 Å². The van der Waals surface area contributed by atoms with E-state index in [-0.39, 0.29) is 0 Å². The smallest absolute Gasteiger partial charge is 0.0697 e. The molecule has 2 atom stereocenters. The molecule has 0 aliphatic carbocycles. The summed E-state index contributed by atoms with van der Waals surface area (Å²) < 4.78 is 1.77. The number of nitrogens with zero attached hydrogens (tertiary/aromatic N) is 4. The molecular formula is C16H23N5. The second kappa shape index (κ2) is 6.26. The standard InChI is InChI=1S/C16H23N5/c1-3-20-10-8-16(13(2)12-20)18-14-4-6-15(7-5-14)21-11-9-17-19-21/h4-7,9,11,13,16,18H,3,8,10,12H2,1-2H3/t13-,16-/m0/s1. The summed E-state index contributed by atoms with van der Waals surface area (Å²) >= 11 is 0. The molecule has 0 unspecified atom stereocenters. The van der Waals surface area contributed by atoms with E-state index in [9.17, 15) is 0 Å². The Morgan fingerprint density at radius 1 is 1.29 bits per heavy atom. The van der Waals surface area contributed by atoms with E-state index in [2.05, 4.69) is 58.6 Å². The van der Waals surface area contributed by atoms with Crippen molar-refractivity contribution < 1.29 is 0 Å². The van der Waals surface area contributed by atoms with Crippen molar-refractivity contribution in [2.75, 3.05) is 25.0 Å². The summed E-state index contributed by atoms with van der Waals surface area (Å²) in [6.07, 6.45) is 4.75. The Bertz CT molecular complexity index is 549. The first-order chi connectivity index (χ1) is 10.3. The zero-order valence-electron chi connectivity index (χ0n) is 12.7. The summed E-state index contributed by atoms with van der Waals surface area (Å²) in [5.74, 6) is 0.675. The van der Waals surface area contributed by atoms with Gasteiger partial charge in [-0.15, -0.1) is 5.10 Å². The van der Waals surface area contributed by atoms with Crippen LogP contribution in [0.15, 0.2) is 36.7 Å². The van der Waals surface area contributed by atoms with Crippen LogP contribution in [-0.4, -0.2) is 45.6 Å². The van der Waals surface area contributed by atoms with Crippen LogP contribution in [0.2, 0.25) is 0 Å². The fraction of sp³-hybridized carbons (Fsp3) is 0.500. The number of rotatable bonds is 4. The lowest BCUT2D eigenvalue weighted by atomic mass is 9.93. The monoisotopic (exact) mass is 285 g/mol. The van der Waals surface area contributed by atoms with Gasteiger partial charge in [-0.3, -0.25) is 0 Å². The molecule has 1 aromatic carbocycles. The maximum atomic E-state index is 4.00. The maximum Gasteiger partial charge on any atom is 0.0697 e. The highest BCUT2D eigenvalue weighted by molar-refractivity contribution is 5.49. The average Bonchev–Trinajstić information content (AvgIpc) is 3.04. The second-order valence-electron chi connectivity index (χ2n) is 5.80. The van der Waals surface area contributed by atoms with Gasteiger partial charge in [0.15, 0.2) is 0 Å². The highest BCUT2D eigenvalue weighted by Gasteiger charge is 2.24. The molecule has 0 bridgehead atoms. The van der Waals surface area contributed by atoms with Gasteiger partial charge in [0, 0.05) is 24.8 Å². The topological polar surface area (TPSA) is 46.0 Å². The van der Waals surface area contributed by atoms with Gasteiger partial charge in [0.05, 0.1) is 18.1 Å². The summed E-state index contributed by atoms with van der Waals surface area (Å²) in [5.41, 5.74) is 2.22. The van der Waals surface area contributed by atoms with Crippen molar-refractivity contribution in [1.29, 1.82) is 0 Å². The van der Waals surface area contributed by atoms with Crippen LogP contribution in [-0.2, 0) is 0 Å². The van der Waals surface area contributed by atoms with Crippen molar-refractivity contribution in [2.24, 2.45) is 5.92 Å². The van der Waals surface area contributed by atoms with Crippen LogP contribution in [0.4, 0.5) is 5.69 Å². The Kier molecular flexibility index (Phi) is 4.20. The molecule has 21 heavy (non-hydrogen) atoms. The van der Waals surface area contributed by atoms with E-state index in [4.69, 9.17) is 0 Å². The number of aromatic nitrogens is 3. The predicted octanol–water partition coefficient (Wildman–Crippen LogP) is 2.41. The van der Waals surface area contributed by atoms with E-state index < -0.39 is 0 Å². The molecule has 0 radical (unpaired) electrons. The molecule has 0 amide bonds. The molecule has 0 saturated carbocycles. The molecule has 5 nitrogen and oxygen atoms in total. The van der Waals surface area contributed by atoms with Crippen LogP contribution in [0.25, 0.3) is 5.69 Å². The van der Waals surface area contributed by atoms with Crippen molar-refractivity contribution in [3.63, 3.8) is 0 Å². The first-order valence-corrected chi connectivity index (χ1v) is 7.72. The molecule has 1 N–H and O–H groups in total. The van der Waals surface area contributed by atoms with Gasteiger partial charge in [-0.2, -0.15) is 0 Å². The third-order valence-electron chi connectivity index (χ3n) is 4.34. The van der Waals surface area contributed by atoms with Crippen molar-refractivity contribution >= 4 is 5.69 Å². The third-order valence-corrected chi connectivity index (χ3v) is 4.34. The van der Waals surface area contributed by atoms with Gasteiger partial charge in [0.25, 0.3) is 0 Å². The van der Waals surface area contributed by atoms with Crippen molar-refractivity contribution in [1.82, 2.24) is 19.9 Å². The van der Waals surface area contributed by atoms with E-state index in [1.807, 2.05) is 6.20 Å². The van der Waals surface area contributed by atoms with Gasteiger partial charge in [0.1, 0.15) is 0 Å². The van der Waals surface area contributed by atoms with Gasteiger partial charge >= 0.3 is 0 Å². The van der Waals surface area contributed by atoms with Crippen molar-refractivity contribution in [3.8, 4) is 5.69 Å². The average molecular weight is 285 g/mol. The number of hydrogen-bond donors (Lipinski definition) is 1. The number of piperidine rings is 1. The second-order valence-corrected chi connectivity index (χ2v) is 5.80. The SMILES string of the molecule is CCN1CC[C@H](Nc2ccc(-n3ccnn3)cc2)[C@@H](C)C1. The molecule has 5 heteroatoms. The molecule has 0 spiro atoms. The summed E-state index contributed by atoms with van der Waals surface area (Å²) in [6.45, 7) is 8.11. The number of nitrogens with one attached hydrogen (secondary N) is 1. The molecule has 2 aromatic rings. The Morgan fingerprint density at radius 2 is 2.10 bits per heavy atom. The Labute approximate surface area is 126 Å². The highest BCUT2D eigenvalue weighted by Crippen LogP contribution is 2.21. The van der Waals surface area contributed by atoms with Crippen molar-refractivity contribution in [2.45, 2.75) is 26.3 Å². The van der Waals surface area contributed by atoms with Crippen LogP contribution >= 0.6 is 0 Å². The lowest BCUT2D eigenvalue weighted by molar-refractivity contribution is 0.179. The molecular weight excluding hydrogens is 262 g/mol. The summed E-state index contributed by atoms with van der Waals surface area (Å²) in [6, 6.07) is 8.95. The molecule has 2 heterocycles. The van der Waals surface area contributed by atoms with E-state index in [0.717, 1.165) is 12.2 Å². The van der Waals surface area contributed by atoms with E-state index in [0.29, 0.717) is 12.0 Å². The predicted molar refractivity (Wildman–Crippen MR) is 84.7 cm³/mol. The van der Waals surface area contributed by atoms with Gasteiger partial charge in [-0.05, 0) is 43.1 Å². The fourth-order valence-corrected chi connectivity index (χ4v) is 3.00. The minimum absolute atomic E-state index is 0.560. The quantitative estimate of drug-likeness (QED) is 0.937. The molecule has 1 fully saturated rings. The van der Waals surface area contributed by atoms with Crippen LogP contribution < -0.4 is 5.32 Å². The molecule has 1 aliphatic heterocycles. The third kappa shape index (κ3) is 3.24. The Balaban J connectivity index is 1.63. The van der Waals surface area contributed by atoms with E-state index in [1.165, 1.54) is 25.2 Å². The lowest BCUT2D eigenvalue weighted by Gasteiger charge is -2.37. The number of benzene rings is 1. The van der Waals surface area contributed by atoms with E-state index in [1.54, 1.807) is 10.9 Å². The zero-order valence-corrected chi connectivity index (χ0v) is 12.7. The minimum Gasteiger partial charge on any atom is -0.382 e. The Morgan fingerprint density at radius 3 is 2.71 bits per heavy atom.